The molecule has 0 radical (unpaired) electrons. The van der Waals surface area contributed by atoms with Crippen LogP contribution in [0.5, 0.6) is 0 Å². The quantitative estimate of drug-likeness (QED) is 0.170. The Balaban J connectivity index is 1.04. The van der Waals surface area contributed by atoms with E-state index in [1.54, 1.807) is 0 Å². The molecule has 0 unspecified atom stereocenters. The van der Waals surface area contributed by atoms with Crippen LogP contribution in [0.1, 0.15) is 0 Å². The molecule has 0 atom stereocenters. The zero-order valence-electron chi connectivity index (χ0n) is 30.8. The zero-order valence-corrected chi connectivity index (χ0v) is 31.6. The molecular formula is C52H34N4S. The highest BCUT2D eigenvalue weighted by molar-refractivity contribution is 7.99. The van der Waals surface area contributed by atoms with E-state index in [9.17, 15) is 0 Å². The highest BCUT2D eigenvalue weighted by Crippen LogP contribution is 2.51. The van der Waals surface area contributed by atoms with Gasteiger partial charge in [-0.15, -0.1) is 0 Å². The monoisotopic (exact) mass is 746 g/mol. The third-order valence-corrected chi connectivity index (χ3v) is 11.9. The van der Waals surface area contributed by atoms with Gasteiger partial charge in [0, 0.05) is 48.6 Å². The highest BCUT2D eigenvalue weighted by atomic mass is 32.2. The zero-order chi connectivity index (χ0) is 37.7. The van der Waals surface area contributed by atoms with Crippen LogP contribution in [0.4, 0.5) is 17.1 Å². The predicted molar refractivity (Wildman–Crippen MR) is 237 cm³/mol. The Kier molecular flexibility index (Phi) is 8.04. The smallest absolute Gasteiger partial charge is 0.160 e. The molecule has 2 aromatic heterocycles. The Morgan fingerprint density at radius 2 is 0.895 bits per heavy atom. The molecule has 10 aromatic rings. The van der Waals surface area contributed by atoms with Crippen molar-refractivity contribution in [3.63, 3.8) is 0 Å². The predicted octanol–water partition coefficient (Wildman–Crippen LogP) is 14.2. The van der Waals surface area contributed by atoms with E-state index in [0.29, 0.717) is 5.82 Å². The van der Waals surface area contributed by atoms with Crippen LogP contribution in [0.25, 0.3) is 72.5 Å². The summed E-state index contributed by atoms with van der Waals surface area (Å²) in [5, 5.41) is 2.44. The molecule has 0 bridgehead atoms. The average molecular weight is 747 g/mol. The van der Waals surface area contributed by atoms with Gasteiger partial charge < -0.3 is 9.47 Å². The molecular weight excluding hydrogens is 713 g/mol. The van der Waals surface area contributed by atoms with Gasteiger partial charge in [0.1, 0.15) is 0 Å². The molecule has 0 saturated heterocycles. The number of fused-ring (bicyclic) bond motifs is 5. The first kappa shape index (κ1) is 33.2. The summed E-state index contributed by atoms with van der Waals surface area (Å²) >= 11 is 1.83. The molecule has 0 aliphatic carbocycles. The Hall–Kier alpha value is -7.21. The summed E-state index contributed by atoms with van der Waals surface area (Å²) in [6.07, 6.45) is 0. The SMILES string of the molecule is c1ccc(-c2cc(-c3ccccc3)nc(-c3cccc(-c4ccc5c6ccccc6n(-c6cccc(N7c8ccccc8Sc8ccccc87)c6)c5c4)c3)n2)cc1. The summed E-state index contributed by atoms with van der Waals surface area (Å²) < 4.78 is 2.41. The lowest BCUT2D eigenvalue weighted by molar-refractivity contribution is 1.14. The van der Waals surface area contributed by atoms with Gasteiger partial charge in [-0.3, -0.25) is 0 Å². The van der Waals surface area contributed by atoms with Crippen molar-refractivity contribution in [1.82, 2.24) is 14.5 Å². The summed E-state index contributed by atoms with van der Waals surface area (Å²) in [7, 11) is 0. The van der Waals surface area contributed by atoms with Crippen LogP contribution in [0.3, 0.4) is 0 Å². The lowest BCUT2D eigenvalue weighted by Gasteiger charge is -2.33. The Bertz CT molecular complexity index is 3010. The summed E-state index contributed by atoms with van der Waals surface area (Å²) in [6.45, 7) is 0. The van der Waals surface area contributed by atoms with Gasteiger partial charge in [-0.2, -0.15) is 0 Å². The lowest BCUT2D eigenvalue weighted by Crippen LogP contribution is -2.15. The normalized spacial score (nSPS) is 12.1. The maximum Gasteiger partial charge on any atom is 0.160 e. The Morgan fingerprint density at radius 3 is 1.61 bits per heavy atom. The molecule has 8 aromatic carbocycles. The number of para-hydroxylation sites is 3. The molecule has 3 heterocycles. The summed E-state index contributed by atoms with van der Waals surface area (Å²) in [6, 6.07) is 73.3. The summed E-state index contributed by atoms with van der Waals surface area (Å²) in [4.78, 5) is 15.1. The van der Waals surface area contributed by atoms with E-state index < -0.39 is 0 Å². The van der Waals surface area contributed by atoms with Crippen molar-refractivity contribution < 1.29 is 0 Å². The summed E-state index contributed by atoms with van der Waals surface area (Å²) in [5.41, 5.74) is 14.1. The fourth-order valence-electron chi connectivity index (χ4n) is 8.11. The first-order valence-corrected chi connectivity index (χ1v) is 20.0. The minimum Gasteiger partial charge on any atom is -0.309 e. The van der Waals surface area contributed by atoms with Gasteiger partial charge in [0.05, 0.1) is 33.8 Å². The number of rotatable bonds is 6. The third kappa shape index (κ3) is 5.88. The molecule has 0 saturated carbocycles. The van der Waals surface area contributed by atoms with Gasteiger partial charge >= 0.3 is 0 Å². The minimum absolute atomic E-state index is 0.698. The van der Waals surface area contributed by atoms with E-state index in [0.717, 1.165) is 56.1 Å². The van der Waals surface area contributed by atoms with Crippen molar-refractivity contribution >= 4 is 50.6 Å². The molecule has 57 heavy (non-hydrogen) atoms. The fraction of sp³-hybridized carbons (Fsp3) is 0. The lowest BCUT2D eigenvalue weighted by atomic mass is 10.0. The highest BCUT2D eigenvalue weighted by Gasteiger charge is 2.25. The first-order chi connectivity index (χ1) is 28.2. The van der Waals surface area contributed by atoms with E-state index in [1.165, 1.54) is 37.5 Å². The van der Waals surface area contributed by atoms with Gasteiger partial charge in [-0.05, 0) is 77.9 Å². The number of nitrogens with zero attached hydrogens (tertiary/aromatic N) is 4. The van der Waals surface area contributed by atoms with Gasteiger partial charge in [0.15, 0.2) is 5.82 Å². The van der Waals surface area contributed by atoms with Crippen LogP contribution in [0.2, 0.25) is 0 Å². The number of hydrogen-bond acceptors (Lipinski definition) is 4. The van der Waals surface area contributed by atoms with E-state index >= 15 is 0 Å². The maximum absolute atomic E-state index is 5.12. The molecule has 1 aliphatic rings. The van der Waals surface area contributed by atoms with Crippen molar-refractivity contribution in [2.45, 2.75) is 9.79 Å². The van der Waals surface area contributed by atoms with Gasteiger partial charge in [-0.25, -0.2) is 9.97 Å². The van der Waals surface area contributed by atoms with Crippen LogP contribution >= 0.6 is 11.8 Å². The number of hydrogen-bond donors (Lipinski definition) is 0. The minimum atomic E-state index is 0.698. The average Bonchev–Trinajstić information content (AvgIpc) is 3.62. The molecule has 11 rings (SSSR count). The van der Waals surface area contributed by atoms with Crippen molar-refractivity contribution in [3.05, 3.63) is 206 Å². The molecule has 0 N–H and O–H groups in total. The van der Waals surface area contributed by atoms with E-state index in [1.807, 2.05) is 23.9 Å². The van der Waals surface area contributed by atoms with Gasteiger partial charge in [-0.1, -0.05) is 151 Å². The maximum atomic E-state index is 5.12. The number of aromatic nitrogens is 3. The second kappa shape index (κ2) is 13.8. The second-order valence-corrected chi connectivity index (χ2v) is 15.3. The molecule has 1 aliphatic heterocycles. The first-order valence-electron chi connectivity index (χ1n) is 19.2. The van der Waals surface area contributed by atoms with Gasteiger partial charge in [0.2, 0.25) is 0 Å². The van der Waals surface area contributed by atoms with E-state index in [4.69, 9.17) is 9.97 Å². The van der Waals surface area contributed by atoms with Crippen LogP contribution in [0.15, 0.2) is 216 Å². The van der Waals surface area contributed by atoms with E-state index in [2.05, 4.69) is 204 Å². The van der Waals surface area contributed by atoms with Crippen molar-refractivity contribution in [1.29, 1.82) is 0 Å². The molecule has 4 nitrogen and oxygen atoms in total. The molecule has 268 valence electrons. The second-order valence-electron chi connectivity index (χ2n) is 14.3. The fourth-order valence-corrected chi connectivity index (χ4v) is 9.17. The van der Waals surface area contributed by atoms with Crippen molar-refractivity contribution in [2.75, 3.05) is 4.90 Å². The largest absolute Gasteiger partial charge is 0.309 e. The van der Waals surface area contributed by atoms with Crippen molar-refractivity contribution in [2.24, 2.45) is 0 Å². The molecule has 0 fully saturated rings. The molecule has 5 heteroatoms. The molecule has 0 amide bonds. The van der Waals surface area contributed by atoms with Gasteiger partial charge in [0.25, 0.3) is 0 Å². The van der Waals surface area contributed by atoms with Crippen LogP contribution < -0.4 is 4.90 Å². The standard InChI is InChI=1S/C52H34N4S/c1-3-15-35(16-4-1)44-34-45(36-17-5-2-6-18-36)54-52(53-44)39-20-13-19-37(31-39)38-29-30-43-42-23-7-8-24-46(42)55(49(43)32-38)40-21-14-22-41(33-40)56-47-25-9-11-27-50(47)57-51-28-12-10-26-48(51)56/h1-34H. The summed E-state index contributed by atoms with van der Waals surface area (Å²) in [5.74, 6) is 0.698. The topological polar surface area (TPSA) is 34.0 Å². The van der Waals surface area contributed by atoms with E-state index in [-0.39, 0.29) is 0 Å². The third-order valence-electron chi connectivity index (χ3n) is 10.8. The van der Waals surface area contributed by atoms with Crippen LogP contribution in [0, 0.1) is 0 Å². The van der Waals surface area contributed by atoms with Crippen LogP contribution in [-0.4, -0.2) is 14.5 Å². The number of anilines is 3. The van der Waals surface area contributed by atoms with Crippen molar-refractivity contribution in [3.8, 4) is 50.7 Å². The molecule has 0 spiro atoms. The van der Waals surface area contributed by atoms with Crippen LogP contribution in [-0.2, 0) is 0 Å². The number of benzene rings is 8. The Morgan fingerprint density at radius 1 is 0.351 bits per heavy atom. The Labute approximate surface area is 335 Å².